The van der Waals surface area contributed by atoms with E-state index in [1.54, 1.807) is 0 Å². The fourth-order valence-electron chi connectivity index (χ4n) is 8.54. The van der Waals surface area contributed by atoms with Crippen LogP contribution in [0.4, 0.5) is 17.1 Å². The first-order valence-electron chi connectivity index (χ1n) is 19.2. The Morgan fingerprint density at radius 2 is 0.804 bits per heavy atom. The molecule has 56 heavy (non-hydrogen) atoms. The molecule has 0 aliphatic carbocycles. The van der Waals surface area contributed by atoms with Gasteiger partial charge in [-0.05, 0) is 109 Å². The molecule has 11 aromatic rings. The standard InChI is InChI=1S/C54H35NO/c1-2-11-36(12-3-1)37-21-28-41(29-22-37)55(42-30-23-39(24-31-42)45-18-10-19-50-49-17-8-9-20-53(49)56-54(45)50)43-32-25-40(26-33-43)51-35-52-44-14-5-4-13-38(44)27-34-48(52)46-15-6-7-16-47(46)51/h1-35H. The second-order valence-corrected chi connectivity index (χ2v) is 14.5. The van der Waals surface area contributed by atoms with Crippen LogP contribution in [0.2, 0.25) is 0 Å². The highest BCUT2D eigenvalue weighted by molar-refractivity contribution is 6.21. The molecular formula is C54H35NO. The SMILES string of the molecule is c1ccc(-c2ccc(N(c3ccc(-c4cc5c6ccccc6ccc5c5ccccc45)cc3)c3ccc(-c4cccc5c4oc4ccccc45)cc3)cc2)cc1. The summed E-state index contributed by atoms with van der Waals surface area (Å²) in [6.45, 7) is 0. The number of anilines is 3. The molecule has 0 unspecified atom stereocenters. The van der Waals surface area contributed by atoms with E-state index in [1.165, 1.54) is 54.6 Å². The summed E-state index contributed by atoms with van der Waals surface area (Å²) in [7, 11) is 0. The molecule has 0 saturated heterocycles. The number of furan rings is 1. The van der Waals surface area contributed by atoms with Gasteiger partial charge in [-0.25, -0.2) is 0 Å². The van der Waals surface area contributed by atoms with Gasteiger partial charge in [-0.3, -0.25) is 0 Å². The number of hydrogen-bond donors (Lipinski definition) is 0. The summed E-state index contributed by atoms with van der Waals surface area (Å²) in [6.07, 6.45) is 0. The van der Waals surface area contributed by atoms with Crippen LogP contribution in [0, 0.1) is 0 Å². The Kier molecular flexibility index (Phi) is 7.53. The van der Waals surface area contributed by atoms with Crippen LogP contribution < -0.4 is 4.90 Å². The maximum Gasteiger partial charge on any atom is 0.143 e. The van der Waals surface area contributed by atoms with Crippen molar-refractivity contribution in [2.24, 2.45) is 0 Å². The maximum absolute atomic E-state index is 6.41. The third kappa shape index (κ3) is 5.34. The molecule has 0 atom stereocenters. The molecule has 0 radical (unpaired) electrons. The van der Waals surface area contributed by atoms with Gasteiger partial charge in [-0.2, -0.15) is 0 Å². The summed E-state index contributed by atoms with van der Waals surface area (Å²) in [5.41, 5.74) is 12.1. The lowest BCUT2D eigenvalue weighted by Gasteiger charge is -2.26. The molecule has 0 spiro atoms. The van der Waals surface area contributed by atoms with E-state index in [-0.39, 0.29) is 0 Å². The second-order valence-electron chi connectivity index (χ2n) is 14.5. The van der Waals surface area contributed by atoms with Crippen molar-refractivity contribution >= 4 is 71.3 Å². The molecule has 0 amide bonds. The van der Waals surface area contributed by atoms with Crippen LogP contribution >= 0.6 is 0 Å². The van der Waals surface area contributed by atoms with Gasteiger partial charge in [0.1, 0.15) is 11.2 Å². The zero-order chi connectivity index (χ0) is 37.0. The number of hydrogen-bond acceptors (Lipinski definition) is 2. The molecule has 262 valence electrons. The number of fused-ring (bicyclic) bond motifs is 8. The fourth-order valence-corrected chi connectivity index (χ4v) is 8.54. The molecule has 0 N–H and O–H groups in total. The summed E-state index contributed by atoms with van der Waals surface area (Å²) in [4.78, 5) is 2.34. The first kappa shape index (κ1) is 32.0. The number of nitrogens with zero attached hydrogens (tertiary/aromatic N) is 1. The van der Waals surface area contributed by atoms with E-state index in [9.17, 15) is 0 Å². The van der Waals surface area contributed by atoms with Crippen molar-refractivity contribution < 1.29 is 4.42 Å². The van der Waals surface area contributed by atoms with E-state index in [1.807, 2.05) is 12.1 Å². The van der Waals surface area contributed by atoms with Gasteiger partial charge >= 0.3 is 0 Å². The Morgan fingerprint density at radius 1 is 0.286 bits per heavy atom. The van der Waals surface area contributed by atoms with Crippen LogP contribution in [0.5, 0.6) is 0 Å². The number of para-hydroxylation sites is 2. The molecule has 11 rings (SSSR count). The third-order valence-electron chi connectivity index (χ3n) is 11.3. The molecule has 0 fully saturated rings. The van der Waals surface area contributed by atoms with Gasteiger partial charge in [0.2, 0.25) is 0 Å². The van der Waals surface area contributed by atoms with Crippen molar-refractivity contribution in [3.8, 4) is 33.4 Å². The summed E-state index contributed by atoms with van der Waals surface area (Å²) in [5, 5.41) is 9.89. The van der Waals surface area contributed by atoms with E-state index >= 15 is 0 Å². The van der Waals surface area contributed by atoms with Crippen molar-refractivity contribution in [2.45, 2.75) is 0 Å². The average molecular weight is 714 g/mol. The topological polar surface area (TPSA) is 16.4 Å². The van der Waals surface area contributed by atoms with Crippen LogP contribution in [0.15, 0.2) is 217 Å². The molecule has 0 aliphatic heterocycles. The molecule has 2 nitrogen and oxygen atoms in total. The molecular weight excluding hydrogens is 679 g/mol. The highest BCUT2D eigenvalue weighted by atomic mass is 16.3. The summed E-state index contributed by atoms with van der Waals surface area (Å²) in [5.74, 6) is 0. The molecule has 0 saturated carbocycles. The lowest BCUT2D eigenvalue weighted by molar-refractivity contribution is 0.670. The van der Waals surface area contributed by atoms with Crippen LogP contribution in [0.25, 0.3) is 87.6 Å². The van der Waals surface area contributed by atoms with Crippen molar-refractivity contribution in [3.63, 3.8) is 0 Å². The number of rotatable bonds is 6. The van der Waals surface area contributed by atoms with Gasteiger partial charge in [0, 0.05) is 33.4 Å². The predicted molar refractivity (Wildman–Crippen MR) is 237 cm³/mol. The predicted octanol–water partition coefficient (Wildman–Crippen LogP) is 15.5. The van der Waals surface area contributed by atoms with E-state index in [0.717, 1.165) is 50.1 Å². The normalized spacial score (nSPS) is 11.6. The van der Waals surface area contributed by atoms with Gasteiger partial charge in [0.05, 0.1) is 0 Å². The Hall–Kier alpha value is -7.42. The number of benzene rings is 10. The largest absolute Gasteiger partial charge is 0.455 e. The van der Waals surface area contributed by atoms with E-state index in [0.29, 0.717) is 0 Å². The molecule has 2 heteroatoms. The van der Waals surface area contributed by atoms with E-state index < -0.39 is 0 Å². The maximum atomic E-state index is 6.41. The van der Waals surface area contributed by atoms with Crippen LogP contribution in [0.3, 0.4) is 0 Å². The quantitative estimate of drug-likeness (QED) is 0.160. The highest BCUT2D eigenvalue weighted by Crippen LogP contribution is 2.42. The molecule has 1 aromatic heterocycles. The first-order valence-corrected chi connectivity index (χ1v) is 19.2. The Morgan fingerprint density at radius 3 is 1.52 bits per heavy atom. The van der Waals surface area contributed by atoms with Crippen molar-refractivity contribution in [1.29, 1.82) is 0 Å². The Bertz CT molecular complexity index is 3210. The van der Waals surface area contributed by atoms with Crippen molar-refractivity contribution in [3.05, 3.63) is 212 Å². The molecule has 1 heterocycles. The smallest absolute Gasteiger partial charge is 0.143 e. The highest BCUT2D eigenvalue weighted by Gasteiger charge is 2.17. The minimum Gasteiger partial charge on any atom is -0.455 e. The van der Waals surface area contributed by atoms with Crippen LogP contribution in [0.1, 0.15) is 0 Å². The van der Waals surface area contributed by atoms with E-state index in [2.05, 4.69) is 205 Å². The van der Waals surface area contributed by atoms with E-state index in [4.69, 9.17) is 4.42 Å². The van der Waals surface area contributed by atoms with Gasteiger partial charge in [-0.15, -0.1) is 0 Å². The van der Waals surface area contributed by atoms with Gasteiger partial charge in [-0.1, -0.05) is 164 Å². The van der Waals surface area contributed by atoms with Crippen LogP contribution in [-0.4, -0.2) is 0 Å². The monoisotopic (exact) mass is 713 g/mol. The van der Waals surface area contributed by atoms with Gasteiger partial charge in [0.15, 0.2) is 0 Å². The summed E-state index contributed by atoms with van der Waals surface area (Å²) in [6, 6.07) is 76.4. The van der Waals surface area contributed by atoms with Crippen LogP contribution in [-0.2, 0) is 0 Å². The first-order chi connectivity index (χ1) is 27.8. The lowest BCUT2D eigenvalue weighted by atomic mass is 9.91. The lowest BCUT2D eigenvalue weighted by Crippen LogP contribution is -2.09. The molecule has 0 aliphatic rings. The third-order valence-corrected chi connectivity index (χ3v) is 11.3. The van der Waals surface area contributed by atoms with Crippen molar-refractivity contribution in [2.75, 3.05) is 4.90 Å². The summed E-state index contributed by atoms with van der Waals surface area (Å²) < 4.78 is 6.41. The molecule has 0 bridgehead atoms. The second kappa shape index (κ2) is 13.2. The minimum atomic E-state index is 0.908. The molecule has 10 aromatic carbocycles. The van der Waals surface area contributed by atoms with Gasteiger partial charge < -0.3 is 9.32 Å². The Labute approximate surface area is 325 Å². The average Bonchev–Trinajstić information content (AvgIpc) is 3.66. The minimum absolute atomic E-state index is 0.908. The van der Waals surface area contributed by atoms with Crippen molar-refractivity contribution in [1.82, 2.24) is 0 Å². The zero-order valence-electron chi connectivity index (χ0n) is 30.6. The van der Waals surface area contributed by atoms with Gasteiger partial charge in [0.25, 0.3) is 0 Å². The summed E-state index contributed by atoms with van der Waals surface area (Å²) >= 11 is 0. The zero-order valence-corrected chi connectivity index (χ0v) is 30.6. The Balaban J connectivity index is 1.02. The fraction of sp³-hybridized carbons (Fsp3) is 0.